The highest BCUT2D eigenvalue weighted by atomic mass is 16.2. The van der Waals surface area contributed by atoms with E-state index in [0.717, 1.165) is 56.7 Å². The molecule has 3 rings (SSSR count). The summed E-state index contributed by atoms with van der Waals surface area (Å²) < 4.78 is 0. The first-order chi connectivity index (χ1) is 14.0. The normalized spacial score (nSPS) is 20.6. The molecule has 0 spiro atoms. The van der Waals surface area contributed by atoms with Gasteiger partial charge in [0.2, 0.25) is 5.91 Å². The Morgan fingerprint density at radius 3 is 2.34 bits per heavy atom. The fourth-order valence-corrected chi connectivity index (χ4v) is 4.37. The van der Waals surface area contributed by atoms with E-state index in [-0.39, 0.29) is 11.8 Å². The van der Waals surface area contributed by atoms with Crippen molar-refractivity contribution in [2.75, 3.05) is 57.8 Å². The molecule has 0 saturated carbocycles. The first-order valence-corrected chi connectivity index (χ1v) is 11.1. The maximum atomic E-state index is 12.8. The fourth-order valence-electron chi connectivity index (χ4n) is 4.37. The largest absolute Gasteiger partial charge is 0.375 e. The summed E-state index contributed by atoms with van der Waals surface area (Å²) in [4.78, 5) is 33.8. The van der Waals surface area contributed by atoms with Crippen molar-refractivity contribution in [1.29, 1.82) is 0 Å². The Bertz CT molecular complexity index is 683. The molecule has 0 unspecified atom stereocenters. The number of amides is 2. The quantitative estimate of drug-likeness (QED) is 0.737. The molecule has 2 amide bonds. The molecule has 0 N–H and O–H groups in total. The molecule has 0 aromatic heterocycles. The van der Waals surface area contributed by atoms with E-state index in [9.17, 15) is 9.59 Å². The summed E-state index contributed by atoms with van der Waals surface area (Å²) in [7, 11) is 2.07. The van der Waals surface area contributed by atoms with Gasteiger partial charge in [-0.1, -0.05) is 6.92 Å². The van der Waals surface area contributed by atoms with Crippen LogP contribution in [-0.2, 0) is 4.79 Å². The summed E-state index contributed by atoms with van der Waals surface area (Å²) in [5, 5.41) is 0. The van der Waals surface area contributed by atoms with Crippen molar-refractivity contribution < 1.29 is 9.59 Å². The number of nitrogens with zero attached hydrogens (tertiary/aromatic N) is 4. The summed E-state index contributed by atoms with van der Waals surface area (Å²) in [6.45, 7) is 9.57. The Morgan fingerprint density at radius 2 is 1.72 bits per heavy atom. The molecular formula is C23H36N4O2. The van der Waals surface area contributed by atoms with Crippen LogP contribution in [-0.4, -0.2) is 85.4 Å². The van der Waals surface area contributed by atoms with Crippen molar-refractivity contribution in [1.82, 2.24) is 14.7 Å². The minimum atomic E-state index is 0.0883. The van der Waals surface area contributed by atoms with E-state index in [4.69, 9.17) is 0 Å². The van der Waals surface area contributed by atoms with E-state index in [1.165, 1.54) is 6.42 Å². The molecular weight excluding hydrogens is 364 g/mol. The second-order valence-corrected chi connectivity index (χ2v) is 8.47. The SMILES string of the molecule is CCCN(C)c1ccc(C(=O)N2CCN(CC(=O)N3CCCC[C@H]3C)CC2)cc1. The average molecular weight is 401 g/mol. The molecule has 1 aromatic rings. The zero-order valence-corrected chi connectivity index (χ0v) is 18.3. The molecule has 2 heterocycles. The maximum Gasteiger partial charge on any atom is 0.253 e. The molecule has 0 aliphatic carbocycles. The van der Waals surface area contributed by atoms with Crippen LogP contribution in [0.4, 0.5) is 5.69 Å². The standard InChI is InChI=1S/C23H36N4O2/c1-4-12-24(3)21-10-8-20(9-11-21)23(29)26-16-14-25(15-17-26)18-22(28)27-13-6-5-7-19(27)2/h8-11,19H,4-7,12-18H2,1-3H3/t19-/m1/s1. The highest BCUT2D eigenvalue weighted by Crippen LogP contribution is 2.18. The van der Waals surface area contributed by atoms with Crippen LogP contribution in [0.25, 0.3) is 0 Å². The van der Waals surface area contributed by atoms with Crippen molar-refractivity contribution >= 4 is 17.5 Å². The third-order valence-corrected chi connectivity index (χ3v) is 6.26. The number of carbonyl (C=O) groups is 2. The van der Waals surface area contributed by atoms with Gasteiger partial charge in [0, 0.05) is 63.6 Å². The summed E-state index contributed by atoms with van der Waals surface area (Å²) in [5.41, 5.74) is 1.88. The molecule has 6 heteroatoms. The van der Waals surface area contributed by atoms with Crippen LogP contribution >= 0.6 is 0 Å². The van der Waals surface area contributed by atoms with Gasteiger partial charge in [0.25, 0.3) is 5.91 Å². The van der Waals surface area contributed by atoms with Gasteiger partial charge >= 0.3 is 0 Å². The molecule has 160 valence electrons. The molecule has 6 nitrogen and oxygen atoms in total. The predicted octanol–water partition coefficient (Wildman–Crippen LogP) is 2.69. The first kappa shape index (κ1) is 21.6. The lowest BCUT2D eigenvalue weighted by Crippen LogP contribution is -2.53. The van der Waals surface area contributed by atoms with Crippen LogP contribution in [0, 0.1) is 0 Å². The predicted molar refractivity (Wildman–Crippen MR) is 117 cm³/mol. The van der Waals surface area contributed by atoms with Gasteiger partial charge in [-0.2, -0.15) is 0 Å². The fraction of sp³-hybridized carbons (Fsp3) is 0.652. The average Bonchev–Trinajstić information content (AvgIpc) is 2.74. The van der Waals surface area contributed by atoms with Crippen LogP contribution in [0.3, 0.4) is 0 Å². The number of hydrogen-bond donors (Lipinski definition) is 0. The molecule has 2 saturated heterocycles. The van der Waals surface area contributed by atoms with Gasteiger partial charge < -0.3 is 14.7 Å². The monoisotopic (exact) mass is 400 g/mol. The lowest BCUT2D eigenvalue weighted by Gasteiger charge is -2.38. The van der Waals surface area contributed by atoms with E-state index < -0.39 is 0 Å². The van der Waals surface area contributed by atoms with Crippen LogP contribution in [0.2, 0.25) is 0 Å². The Hall–Kier alpha value is -2.08. The number of benzene rings is 1. The van der Waals surface area contributed by atoms with E-state index in [1.54, 1.807) is 0 Å². The van der Waals surface area contributed by atoms with Gasteiger partial charge in [-0.3, -0.25) is 14.5 Å². The van der Waals surface area contributed by atoms with Crippen LogP contribution in [0.1, 0.15) is 49.9 Å². The Labute approximate surface area is 175 Å². The number of carbonyl (C=O) groups excluding carboxylic acids is 2. The number of piperazine rings is 1. The van der Waals surface area contributed by atoms with E-state index >= 15 is 0 Å². The third-order valence-electron chi connectivity index (χ3n) is 6.26. The first-order valence-electron chi connectivity index (χ1n) is 11.1. The van der Waals surface area contributed by atoms with Crippen molar-refractivity contribution in [3.05, 3.63) is 29.8 Å². The molecule has 2 fully saturated rings. The van der Waals surface area contributed by atoms with Gasteiger partial charge in [-0.05, 0) is 56.9 Å². The summed E-state index contributed by atoms with van der Waals surface area (Å²) >= 11 is 0. The molecule has 0 radical (unpaired) electrons. The number of piperidine rings is 1. The Balaban J connectivity index is 1.48. The number of likely N-dealkylation sites (tertiary alicyclic amines) is 1. The topological polar surface area (TPSA) is 47.1 Å². The third kappa shape index (κ3) is 5.50. The van der Waals surface area contributed by atoms with Crippen LogP contribution in [0.5, 0.6) is 0 Å². The van der Waals surface area contributed by atoms with E-state index in [2.05, 4.69) is 30.7 Å². The minimum absolute atomic E-state index is 0.0883. The summed E-state index contributed by atoms with van der Waals surface area (Å²) in [6, 6.07) is 8.27. The van der Waals surface area contributed by atoms with Crippen molar-refractivity contribution in [3.8, 4) is 0 Å². The molecule has 1 atom stereocenters. The summed E-state index contributed by atoms with van der Waals surface area (Å²) in [5.74, 6) is 0.328. The van der Waals surface area contributed by atoms with Gasteiger partial charge in [0.1, 0.15) is 0 Å². The second kappa shape index (κ2) is 10.1. The number of rotatable bonds is 6. The van der Waals surface area contributed by atoms with Crippen LogP contribution in [0.15, 0.2) is 24.3 Å². The van der Waals surface area contributed by atoms with Crippen molar-refractivity contribution in [3.63, 3.8) is 0 Å². The van der Waals surface area contributed by atoms with Crippen molar-refractivity contribution in [2.45, 2.75) is 45.6 Å². The van der Waals surface area contributed by atoms with Gasteiger partial charge in [-0.25, -0.2) is 0 Å². The Kier molecular flexibility index (Phi) is 7.53. The highest BCUT2D eigenvalue weighted by molar-refractivity contribution is 5.94. The molecule has 2 aliphatic heterocycles. The van der Waals surface area contributed by atoms with Crippen molar-refractivity contribution in [2.24, 2.45) is 0 Å². The smallest absolute Gasteiger partial charge is 0.253 e. The summed E-state index contributed by atoms with van der Waals surface area (Å²) in [6.07, 6.45) is 4.55. The van der Waals surface area contributed by atoms with Gasteiger partial charge in [0.05, 0.1) is 6.54 Å². The maximum absolute atomic E-state index is 12.8. The molecule has 1 aromatic carbocycles. The lowest BCUT2D eigenvalue weighted by atomic mass is 10.0. The number of hydrogen-bond acceptors (Lipinski definition) is 4. The number of anilines is 1. The lowest BCUT2D eigenvalue weighted by molar-refractivity contribution is -0.136. The van der Waals surface area contributed by atoms with Gasteiger partial charge in [0.15, 0.2) is 0 Å². The van der Waals surface area contributed by atoms with E-state index in [1.807, 2.05) is 34.1 Å². The van der Waals surface area contributed by atoms with Gasteiger partial charge in [-0.15, -0.1) is 0 Å². The zero-order valence-electron chi connectivity index (χ0n) is 18.3. The zero-order chi connectivity index (χ0) is 20.8. The molecule has 29 heavy (non-hydrogen) atoms. The minimum Gasteiger partial charge on any atom is -0.375 e. The second-order valence-electron chi connectivity index (χ2n) is 8.47. The van der Waals surface area contributed by atoms with Crippen LogP contribution < -0.4 is 4.90 Å². The van der Waals surface area contributed by atoms with E-state index in [0.29, 0.717) is 25.7 Å². The Morgan fingerprint density at radius 1 is 1.03 bits per heavy atom. The molecule has 2 aliphatic rings. The highest BCUT2D eigenvalue weighted by Gasteiger charge is 2.27. The molecule has 0 bridgehead atoms.